The molecule has 1 atom stereocenters. The largest absolute Gasteiger partial charge is 0.453 e. The van der Waals surface area contributed by atoms with E-state index < -0.39 is 5.82 Å². The predicted molar refractivity (Wildman–Crippen MR) is 70.5 cm³/mol. The van der Waals surface area contributed by atoms with Crippen molar-refractivity contribution in [2.75, 3.05) is 0 Å². The van der Waals surface area contributed by atoms with Gasteiger partial charge < -0.3 is 10.5 Å². The first-order valence-electron chi connectivity index (χ1n) is 5.55. The monoisotopic (exact) mass is 265 g/mol. The third kappa shape index (κ3) is 2.81. The van der Waals surface area contributed by atoms with Gasteiger partial charge in [0.2, 0.25) is 0 Å². The molecule has 2 rings (SSSR count). The van der Waals surface area contributed by atoms with Gasteiger partial charge in [-0.2, -0.15) is 0 Å². The maximum Gasteiger partial charge on any atom is 0.165 e. The predicted octanol–water partition coefficient (Wildman–Crippen LogP) is 4.29. The summed E-state index contributed by atoms with van der Waals surface area (Å²) in [5.41, 5.74) is 6.65. The molecule has 94 valence electrons. The molecule has 0 aliphatic carbocycles. The summed E-state index contributed by atoms with van der Waals surface area (Å²) >= 11 is 6.07. The number of hydrogen-bond acceptors (Lipinski definition) is 2. The molecular weight excluding hydrogens is 253 g/mol. The van der Waals surface area contributed by atoms with E-state index in [-0.39, 0.29) is 11.8 Å². The van der Waals surface area contributed by atoms with Crippen LogP contribution in [0.1, 0.15) is 18.5 Å². The van der Waals surface area contributed by atoms with Gasteiger partial charge >= 0.3 is 0 Å². The van der Waals surface area contributed by atoms with Crippen LogP contribution in [0, 0.1) is 5.82 Å². The summed E-state index contributed by atoms with van der Waals surface area (Å²) in [5.74, 6) is 0.129. The molecule has 0 aliphatic rings. The minimum absolute atomic E-state index is 0.106. The summed E-state index contributed by atoms with van der Waals surface area (Å²) in [6.07, 6.45) is 0. The summed E-state index contributed by atoms with van der Waals surface area (Å²) in [6.45, 7) is 1.86. The van der Waals surface area contributed by atoms with Crippen LogP contribution in [-0.4, -0.2) is 0 Å². The SMILES string of the molecule is CC(N)c1ccc(Oc2ccccc2F)c(Cl)c1. The second-order valence-corrected chi connectivity index (χ2v) is 4.42. The molecule has 1 unspecified atom stereocenters. The van der Waals surface area contributed by atoms with Crippen LogP contribution in [-0.2, 0) is 0 Å². The molecule has 0 saturated heterocycles. The lowest BCUT2D eigenvalue weighted by Gasteiger charge is -2.11. The highest BCUT2D eigenvalue weighted by atomic mass is 35.5. The zero-order chi connectivity index (χ0) is 13.1. The first kappa shape index (κ1) is 12.9. The Morgan fingerprint density at radius 2 is 1.89 bits per heavy atom. The lowest BCUT2D eigenvalue weighted by Crippen LogP contribution is -2.04. The minimum Gasteiger partial charge on any atom is -0.453 e. The fraction of sp³-hybridized carbons (Fsp3) is 0.143. The van der Waals surface area contributed by atoms with Gasteiger partial charge in [0.05, 0.1) is 5.02 Å². The van der Waals surface area contributed by atoms with Crippen LogP contribution in [0.3, 0.4) is 0 Å². The average Bonchev–Trinajstić information content (AvgIpc) is 2.34. The Bertz CT molecular complexity index is 557. The highest BCUT2D eigenvalue weighted by molar-refractivity contribution is 6.32. The fourth-order valence-electron chi connectivity index (χ4n) is 1.53. The number of rotatable bonds is 3. The van der Waals surface area contributed by atoms with Crippen LogP contribution >= 0.6 is 11.6 Å². The van der Waals surface area contributed by atoms with E-state index in [0.717, 1.165) is 5.56 Å². The molecular formula is C14H13ClFNO. The molecule has 0 aliphatic heterocycles. The third-order valence-corrected chi connectivity index (χ3v) is 2.83. The van der Waals surface area contributed by atoms with Crippen LogP contribution in [0.5, 0.6) is 11.5 Å². The van der Waals surface area contributed by atoms with E-state index in [2.05, 4.69) is 0 Å². The maximum atomic E-state index is 13.4. The Hall–Kier alpha value is -1.58. The fourth-order valence-corrected chi connectivity index (χ4v) is 1.76. The van der Waals surface area contributed by atoms with Gasteiger partial charge in [-0.3, -0.25) is 0 Å². The molecule has 2 nitrogen and oxygen atoms in total. The molecule has 0 heterocycles. The number of ether oxygens (including phenoxy) is 1. The number of hydrogen-bond donors (Lipinski definition) is 1. The van der Waals surface area contributed by atoms with Crippen molar-refractivity contribution in [3.8, 4) is 11.5 Å². The van der Waals surface area contributed by atoms with Crippen LogP contribution in [0.4, 0.5) is 4.39 Å². The Kier molecular flexibility index (Phi) is 3.84. The van der Waals surface area contributed by atoms with E-state index in [1.165, 1.54) is 6.07 Å². The number of nitrogens with two attached hydrogens (primary N) is 1. The van der Waals surface area contributed by atoms with Gasteiger partial charge in [0.15, 0.2) is 11.6 Å². The summed E-state index contributed by atoms with van der Waals surface area (Å²) < 4.78 is 18.9. The van der Waals surface area contributed by atoms with Crippen LogP contribution in [0.25, 0.3) is 0 Å². The standard InChI is InChI=1S/C14H13ClFNO/c1-9(17)10-6-7-13(11(15)8-10)18-14-5-3-2-4-12(14)16/h2-9H,17H2,1H3. The highest BCUT2D eigenvalue weighted by Gasteiger charge is 2.09. The average molecular weight is 266 g/mol. The molecule has 0 fully saturated rings. The van der Waals surface area contributed by atoms with E-state index in [0.29, 0.717) is 10.8 Å². The normalized spacial score (nSPS) is 12.2. The molecule has 18 heavy (non-hydrogen) atoms. The van der Waals surface area contributed by atoms with Crippen molar-refractivity contribution in [1.29, 1.82) is 0 Å². The molecule has 2 N–H and O–H groups in total. The molecule has 0 bridgehead atoms. The van der Waals surface area contributed by atoms with Crippen LogP contribution < -0.4 is 10.5 Å². The topological polar surface area (TPSA) is 35.2 Å². The molecule has 2 aromatic rings. The molecule has 0 radical (unpaired) electrons. The lowest BCUT2D eigenvalue weighted by atomic mass is 10.1. The van der Waals surface area contributed by atoms with Gasteiger partial charge in [-0.25, -0.2) is 4.39 Å². The Morgan fingerprint density at radius 3 is 2.50 bits per heavy atom. The van der Waals surface area contributed by atoms with Gasteiger partial charge in [0, 0.05) is 6.04 Å². The molecule has 0 amide bonds. The van der Waals surface area contributed by atoms with Crippen molar-refractivity contribution in [1.82, 2.24) is 0 Å². The molecule has 4 heteroatoms. The second-order valence-electron chi connectivity index (χ2n) is 4.01. The maximum absolute atomic E-state index is 13.4. The first-order valence-corrected chi connectivity index (χ1v) is 5.93. The van der Waals surface area contributed by atoms with Crippen molar-refractivity contribution < 1.29 is 9.13 Å². The van der Waals surface area contributed by atoms with Crippen molar-refractivity contribution in [3.63, 3.8) is 0 Å². The number of halogens is 2. The molecule has 0 spiro atoms. The zero-order valence-electron chi connectivity index (χ0n) is 9.86. The Balaban J connectivity index is 2.28. The van der Waals surface area contributed by atoms with Gasteiger partial charge in [-0.15, -0.1) is 0 Å². The van der Waals surface area contributed by atoms with Crippen LogP contribution in [0.15, 0.2) is 42.5 Å². The minimum atomic E-state index is -0.426. The zero-order valence-corrected chi connectivity index (χ0v) is 10.6. The molecule has 0 aromatic heterocycles. The Labute approximate surface area is 110 Å². The van der Waals surface area contributed by atoms with E-state index in [4.69, 9.17) is 22.1 Å². The van der Waals surface area contributed by atoms with Crippen LogP contribution in [0.2, 0.25) is 5.02 Å². The van der Waals surface area contributed by atoms with Gasteiger partial charge in [0.25, 0.3) is 0 Å². The summed E-state index contributed by atoms with van der Waals surface area (Å²) in [5, 5.41) is 0.410. The smallest absolute Gasteiger partial charge is 0.165 e. The summed E-state index contributed by atoms with van der Waals surface area (Å²) in [4.78, 5) is 0. The van der Waals surface area contributed by atoms with Gasteiger partial charge in [0.1, 0.15) is 5.75 Å². The Morgan fingerprint density at radius 1 is 1.17 bits per heavy atom. The van der Waals surface area contributed by atoms with E-state index in [9.17, 15) is 4.39 Å². The van der Waals surface area contributed by atoms with Crippen molar-refractivity contribution in [2.24, 2.45) is 5.73 Å². The highest BCUT2D eigenvalue weighted by Crippen LogP contribution is 2.32. The molecule has 2 aromatic carbocycles. The van der Waals surface area contributed by atoms with E-state index in [1.54, 1.807) is 30.3 Å². The summed E-state index contributed by atoms with van der Waals surface area (Å²) in [6, 6.07) is 11.3. The third-order valence-electron chi connectivity index (χ3n) is 2.54. The number of para-hydroxylation sites is 1. The lowest BCUT2D eigenvalue weighted by molar-refractivity contribution is 0.442. The van der Waals surface area contributed by atoms with Crippen molar-refractivity contribution >= 4 is 11.6 Å². The summed E-state index contributed by atoms with van der Waals surface area (Å²) in [7, 11) is 0. The van der Waals surface area contributed by atoms with Crippen molar-refractivity contribution in [2.45, 2.75) is 13.0 Å². The second kappa shape index (κ2) is 5.38. The van der Waals surface area contributed by atoms with Gasteiger partial charge in [-0.1, -0.05) is 29.8 Å². The quantitative estimate of drug-likeness (QED) is 0.898. The van der Waals surface area contributed by atoms with E-state index in [1.807, 2.05) is 13.0 Å². The first-order chi connectivity index (χ1) is 8.58. The van der Waals surface area contributed by atoms with Gasteiger partial charge in [-0.05, 0) is 36.8 Å². The van der Waals surface area contributed by atoms with Crippen molar-refractivity contribution in [3.05, 3.63) is 58.9 Å². The number of benzene rings is 2. The van der Waals surface area contributed by atoms with E-state index >= 15 is 0 Å². The molecule has 0 saturated carbocycles.